The molecule has 2 rings (SSSR count). The molecule has 0 saturated carbocycles. The van der Waals surface area contributed by atoms with E-state index in [-0.39, 0.29) is 25.6 Å². The van der Waals surface area contributed by atoms with Crippen molar-refractivity contribution in [3.8, 4) is 0 Å². The van der Waals surface area contributed by atoms with Crippen molar-refractivity contribution in [2.75, 3.05) is 33.0 Å². The van der Waals surface area contributed by atoms with Crippen molar-refractivity contribution in [1.29, 1.82) is 0 Å². The average Bonchev–Trinajstić information content (AvgIpc) is 3.30. The largest absolute Gasteiger partial charge is 0.457 e. The van der Waals surface area contributed by atoms with Gasteiger partial charge < -0.3 is 64.2 Å². The maximum atomic E-state index is 13.0. The van der Waals surface area contributed by atoms with Crippen LogP contribution in [-0.2, 0) is 33.2 Å². The quantitative estimate of drug-likeness (QED) is 0.0179. The Morgan fingerprint density at radius 3 is 1.54 bits per heavy atom. The Kier molecular flexibility index (Phi) is 36.1. The molecule has 0 amide bonds. The van der Waals surface area contributed by atoms with Gasteiger partial charge in [-0.25, -0.2) is 0 Å². The van der Waals surface area contributed by atoms with Gasteiger partial charge in [0.15, 0.2) is 12.6 Å². The number of hydrogen-bond donors (Lipinski definition) is 7. The van der Waals surface area contributed by atoms with Crippen LogP contribution in [0.25, 0.3) is 0 Å². The standard InChI is InChI=1S/C51H94O14/c1-3-5-7-9-11-13-15-17-19-20-21-22-24-26-28-30-32-34-43(53)63-40(37-60-35-33-31-29-27-25-23-18-16-14-12-10-8-6-4-2)38-61-50-49(59)47(57)45(55)42(65-50)39-62-51-48(58)46(56)44(54)41(36-52)64-51/h8,10,14,16,40-42,44-52,54-59H,3-7,9,11-13,15,17-39H2,1-2H3/b10-8-,16-14-. The zero-order valence-electron chi connectivity index (χ0n) is 40.5. The van der Waals surface area contributed by atoms with Gasteiger partial charge in [0.2, 0.25) is 0 Å². The van der Waals surface area contributed by atoms with Crippen LogP contribution in [-0.4, -0.2) is 142 Å². The first-order valence-corrected chi connectivity index (χ1v) is 25.9. The lowest BCUT2D eigenvalue weighted by Gasteiger charge is -2.42. The van der Waals surface area contributed by atoms with Gasteiger partial charge in [0.05, 0.1) is 26.4 Å². The van der Waals surface area contributed by atoms with Gasteiger partial charge in [-0.05, 0) is 38.5 Å². The Morgan fingerprint density at radius 2 is 0.985 bits per heavy atom. The van der Waals surface area contributed by atoms with Crippen molar-refractivity contribution < 1.29 is 69.0 Å². The number of unbranched alkanes of at least 4 members (excludes halogenated alkanes) is 23. The number of ether oxygens (including phenoxy) is 6. The summed E-state index contributed by atoms with van der Waals surface area (Å²) in [5.41, 5.74) is 0. The summed E-state index contributed by atoms with van der Waals surface area (Å²) >= 11 is 0. The Morgan fingerprint density at radius 1 is 0.508 bits per heavy atom. The molecule has 0 aromatic rings. The predicted octanol–water partition coefficient (Wildman–Crippen LogP) is 7.63. The second-order valence-corrected chi connectivity index (χ2v) is 18.3. The third kappa shape index (κ3) is 27.3. The predicted molar refractivity (Wildman–Crippen MR) is 252 cm³/mol. The molecule has 2 fully saturated rings. The molecule has 0 radical (unpaired) electrons. The lowest BCUT2D eigenvalue weighted by molar-refractivity contribution is -0.332. The molecular formula is C51H94O14. The first kappa shape index (κ1) is 59.6. The summed E-state index contributed by atoms with van der Waals surface area (Å²) in [6, 6.07) is 0. The van der Waals surface area contributed by atoms with Gasteiger partial charge in [0.25, 0.3) is 0 Å². The van der Waals surface area contributed by atoms with E-state index in [2.05, 4.69) is 38.2 Å². The number of aliphatic hydroxyl groups excluding tert-OH is 7. The van der Waals surface area contributed by atoms with E-state index >= 15 is 0 Å². The van der Waals surface area contributed by atoms with Gasteiger partial charge in [-0.15, -0.1) is 0 Å². The van der Waals surface area contributed by atoms with Crippen LogP contribution in [0, 0.1) is 0 Å². The average molecular weight is 931 g/mol. The van der Waals surface area contributed by atoms with E-state index in [0.717, 1.165) is 64.2 Å². The van der Waals surface area contributed by atoms with Crippen molar-refractivity contribution >= 4 is 5.97 Å². The number of carbonyl (C=O) groups excluding carboxylic acids is 1. The van der Waals surface area contributed by atoms with Gasteiger partial charge in [0.1, 0.15) is 54.9 Å². The normalized spacial score (nSPS) is 26.7. The number of hydrogen-bond acceptors (Lipinski definition) is 14. The first-order valence-electron chi connectivity index (χ1n) is 25.9. The zero-order valence-corrected chi connectivity index (χ0v) is 40.5. The minimum absolute atomic E-state index is 0.0579. The maximum Gasteiger partial charge on any atom is 0.306 e. The second kappa shape index (κ2) is 39.3. The second-order valence-electron chi connectivity index (χ2n) is 18.3. The summed E-state index contributed by atoms with van der Waals surface area (Å²) < 4.78 is 34.3. The van der Waals surface area contributed by atoms with Crippen LogP contribution in [0.3, 0.4) is 0 Å². The van der Waals surface area contributed by atoms with Gasteiger partial charge >= 0.3 is 5.97 Å². The SMILES string of the molecule is CCC/C=C\C/C=C\CCCCCCCCOCC(COC1OC(COC2OC(CO)C(O)C(O)C2O)C(O)C(O)C1O)OC(=O)CCCCCCCCCCCCCCCCCCC. The fourth-order valence-electron chi connectivity index (χ4n) is 8.21. The number of allylic oxidation sites excluding steroid dienone is 4. The van der Waals surface area contributed by atoms with Crippen molar-refractivity contribution in [3.05, 3.63) is 24.3 Å². The van der Waals surface area contributed by atoms with E-state index in [1.165, 1.54) is 103 Å². The molecular weight excluding hydrogens is 837 g/mol. The number of aliphatic hydroxyl groups is 7. The van der Waals surface area contributed by atoms with E-state index in [1.807, 2.05) is 0 Å². The Hall–Kier alpha value is -1.53. The molecule has 2 saturated heterocycles. The third-order valence-electron chi connectivity index (χ3n) is 12.4. The van der Waals surface area contributed by atoms with Crippen molar-refractivity contribution in [3.63, 3.8) is 0 Å². The first-order chi connectivity index (χ1) is 31.6. The van der Waals surface area contributed by atoms with Crippen LogP contribution in [0.1, 0.15) is 194 Å². The van der Waals surface area contributed by atoms with Crippen LogP contribution in [0.4, 0.5) is 0 Å². The molecule has 2 aliphatic rings. The van der Waals surface area contributed by atoms with Gasteiger partial charge in [-0.2, -0.15) is 0 Å². The van der Waals surface area contributed by atoms with Gasteiger partial charge in [-0.3, -0.25) is 4.79 Å². The molecule has 11 unspecified atom stereocenters. The molecule has 0 aliphatic carbocycles. The van der Waals surface area contributed by atoms with E-state index in [1.54, 1.807) is 0 Å². The highest BCUT2D eigenvalue weighted by atomic mass is 16.7. The van der Waals surface area contributed by atoms with E-state index < -0.39 is 80.7 Å². The lowest BCUT2D eigenvalue weighted by Crippen LogP contribution is -2.61. The summed E-state index contributed by atoms with van der Waals surface area (Å²) in [4.78, 5) is 13.0. The summed E-state index contributed by atoms with van der Waals surface area (Å²) in [7, 11) is 0. The fourth-order valence-corrected chi connectivity index (χ4v) is 8.21. The highest BCUT2D eigenvalue weighted by Crippen LogP contribution is 2.26. The molecule has 65 heavy (non-hydrogen) atoms. The van der Waals surface area contributed by atoms with Crippen molar-refractivity contribution in [2.45, 2.75) is 261 Å². The van der Waals surface area contributed by atoms with E-state index in [4.69, 9.17) is 28.4 Å². The van der Waals surface area contributed by atoms with Crippen LogP contribution < -0.4 is 0 Å². The molecule has 2 heterocycles. The fraction of sp³-hybridized carbons (Fsp3) is 0.902. The molecule has 0 spiro atoms. The van der Waals surface area contributed by atoms with Crippen LogP contribution in [0.5, 0.6) is 0 Å². The molecule has 14 heteroatoms. The number of carbonyl (C=O) groups is 1. The van der Waals surface area contributed by atoms with Crippen molar-refractivity contribution in [2.24, 2.45) is 0 Å². The zero-order chi connectivity index (χ0) is 47.3. The summed E-state index contributed by atoms with van der Waals surface area (Å²) in [6.07, 6.45) is 25.2. The van der Waals surface area contributed by atoms with Crippen molar-refractivity contribution in [1.82, 2.24) is 0 Å². The Bertz CT molecular complexity index is 1170. The third-order valence-corrected chi connectivity index (χ3v) is 12.4. The molecule has 0 aromatic heterocycles. The topological polar surface area (TPSA) is 214 Å². The Labute approximate surface area is 392 Å². The minimum atomic E-state index is -1.71. The molecule has 382 valence electrons. The monoisotopic (exact) mass is 931 g/mol. The highest BCUT2D eigenvalue weighted by molar-refractivity contribution is 5.69. The molecule has 14 nitrogen and oxygen atoms in total. The van der Waals surface area contributed by atoms with Crippen LogP contribution >= 0.6 is 0 Å². The van der Waals surface area contributed by atoms with Crippen LogP contribution in [0.2, 0.25) is 0 Å². The van der Waals surface area contributed by atoms with E-state index in [0.29, 0.717) is 13.0 Å². The summed E-state index contributed by atoms with van der Waals surface area (Å²) in [6.45, 7) is 3.62. The molecule has 0 bridgehead atoms. The minimum Gasteiger partial charge on any atom is -0.457 e. The smallest absolute Gasteiger partial charge is 0.306 e. The maximum absolute atomic E-state index is 13.0. The summed E-state index contributed by atoms with van der Waals surface area (Å²) in [5, 5.41) is 72.1. The molecule has 7 N–H and O–H groups in total. The van der Waals surface area contributed by atoms with Gasteiger partial charge in [0, 0.05) is 13.0 Å². The molecule has 0 aromatic carbocycles. The summed E-state index contributed by atoms with van der Waals surface area (Å²) in [5.74, 6) is -0.377. The molecule has 2 aliphatic heterocycles. The number of esters is 1. The lowest BCUT2D eigenvalue weighted by atomic mass is 9.98. The number of rotatable bonds is 41. The van der Waals surface area contributed by atoms with Crippen LogP contribution in [0.15, 0.2) is 24.3 Å². The molecule has 11 atom stereocenters. The van der Waals surface area contributed by atoms with E-state index in [9.17, 15) is 40.5 Å². The van der Waals surface area contributed by atoms with Gasteiger partial charge in [-0.1, -0.05) is 173 Å². The highest BCUT2D eigenvalue weighted by Gasteiger charge is 2.47. The Balaban J connectivity index is 1.76.